The second-order valence-corrected chi connectivity index (χ2v) is 5.52. The largest absolute Gasteiger partial charge is 0.397 e. The number of nitrogens with two attached hydrogens (primary N) is 1. The van der Waals surface area contributed by atoms with E-state index in [2.05, 4.69) is 21.9 Å². The average molecular weight is 245 g/mol. The fourth-order valence-corrected chi connectivity index (χ4v) is 3.37. The summed E-state index contributed by atoms with van der Waals surface area (Å²) in [6.45, 7) is 4.62. The van der Waals surface area contributed by atoms with Gasteiger partial charge in [0.25, 0.3) is 0 Å². The molecule has 1 aromatic carbocycles. The van der Waals surface area contributed by atoms with E-state index >= 15 is 0 Å². The first kappa shape index (κ1) is 11.8. The standard InChI is InChI=1S/C15H23N3/c16-14-7-3-4-8-15(14)18-11-9-17(10-12-18)13-5-1-2-6-13/h3-4,7-8,13H,1-2,5-6,9-12,16H2. The zero-order valence-corrected chi connectivity index (χ0v) is 11.0. The first-order chi connectivity index (χ1) is 8.84. The van der Waals surface area contributed by atoms with Gasteiger partial charge >= 0.3 is 0 Å². The number of hydrogen-bond acceptors (Lipinski definition) is 3. The van der Waals surface area contributed by atoms with E-state index in [0.29, 0.717) is 0 Å². The molecule has 0 unspecified atom stereocenters. The molecule has 0 radical (unpaired) electrons. The van der Waals surface area contributed by atoms with Gasteiger partial charge in [-0.1, -0.05) is 25.0 Å². The molecule has 3 nitrogen and oxygen atoms in total. The fourth-order valence-electron chi connectivity index (χ4n) is 3.37. The molecule has 0 aromatic heterocycles. The molecule has 1 heterocycles. The molecule has 3 heteroatoms. The van der Waals surface area contributed by atoms with Crippen molar-refractivity contribution >= 4 is 11.4 Å². The normalized spacial score (nSPS) is 22.6. The highest BCUT2D eigenvalue weighted by molar-refractivity contribution is 5.67. The summed E-state index contributed by atoms with van der Waals surface area (Å²) in [5, 5.41) is 0. The van der Waals surface area contributed by atoms with E-state index in [1.807, 2.05) is 12.1 Å². The van der Waals surface area contributed by atoms with Crippen LogP contribution < -0.4 is 10.6 Å². The first-order valence-electron chi connectivity index (χ1n) is 7.18. The van der Waals surface area contributed by atoms with Crippen LogP contribution >= 0.6 is 0 Å². The molecule has 18 heavy (non-hydrogen) atoms. The van der Waals surface area contributed by atoms with Gasteiger partial charge in [0, 0.05) is 32.2 Å². The highest BCUT2D eigenvalue weighted by Gasteiger charge is 2.26. The molecular weight excluding hydrogens is 222 g/mol. The van der Waals surface area contributed by atoms with Crippen molar-refractivity contribution in [3.8, 4) is 0 Å². The van der Waals surface area contributed by atoms with Gasteiger partial charge < -0.3 is 10.6 Å². The molecule has 1 aliphatic carbocycles. The molecule has 2 fully saturated rings. The Labute approximate surface area is 110 Å². The summed E-state index contributed by atoms with van der Waals surface area (Å²) in [7, 11) is 0. The second kappa shape index (κ2) is 5.19. The Balaban J connectivity index is 1.61. The molecule has 1 saturated heterocycles. The summed E-state index contributed by atoms with van der Waals surface area (Å²) in [4.78, 5) is 5.11. The first-order valence-corrected chi connectivity index (χ1v) is 7.18. The number of para-hydroxylation sites is 2. The highest BCUT2D eigenvalue weighted by Crippen LogP contribution is 2.27. The third-order valence-corrected chi connectivity index (χ3v) is 4.43. The predicted molar refractivity (Wildman–Crippen MR) is 76.9 cm³/mol. The van der Waals surface area contributed by atoms with Crippen LogP contribution in [0.3, 0.4) is 0 Å². The van der Waals surface area contributed by atoms with Gasteiger partial charge in [0.05, 0.1) is 11.4 Å². The number of anilines is 2. The Morgan fingerprint density at radius 3 is 2.28 bits per heavy atom. The highest BCUT2D eigenvalue weighted by atomic mass is 15.3. The molecular formula is C15H23N3. The average Bonchev–Trinajstić information content (AvgIpc) is 2.94. The maximum atomic E-state index is 6.05. The van der Waals surface area contributed by atoms with Gasteiger partial charge in [-0.3, -0.25) is 4.90 Å². The van der Waals surface area contributed by atoms with Crippen molar-refractivity contribution in [1.82, 2.24) is 4.90 Å². The summed E-state index contributed by atoms with van der Waals surface area (Å²) in [6, 6.07) is 9.09. The van der Waals surface area contributed by atoms with Crippen LogP contribution in [0.15, 0.2) is 24.3 Å². The predicted octanol–water partition coefficient (Wildman–Crippen LogP) is 2.33. The van der Waals surface area contributed by atoms with Crippen molar-refractivity contribution in [2.24, 2.45) is 0 Å². The second-order valence-electron chi connectivity index (χ2n) is 5.52. The molecule has 1 aromatic rings. The number of nitrogens with zero attached hydrogens (tertiary/aromatic N) is 2. The van der Waals surface area contributed by atoms with Crippen LogP contribution in [0.4, 0.5) is 11.4 Å². The zero-order chi connectivity index (χ0) is 12.4. The summed E-state index contributed by atoms with van der Waals surface area (Å²) in [5.41, 5.74) is 8.17. The lowest BCUT2D eigenvalue weighted by Crippen LogP contribution is -2.49. The lowest BCUT2D eigenvalue weighted by atomic mass is 10.1. The molecule has 2 N–H and O–H groups in total. The van der Waals surface area contributed by atoms with Crippen LogP contribution in [0.5, 0.6) is 0 Å². The molecule has 0 atom stereocenters. The molecule has 0 bridgehead atoms. The minimum absolute atomic E-state index is 0.861. The molecule has 1 saturated carbocycles. The van der Waals surface area contributed by atoms with Crippen LogP contribution in [0, 0.1) is 0 Å². The third-order valence-electron chi connectivity index (χ3n) is 4.43. The van der Waals surface area contributed by atoms with Crippen molar-refractivity contribution < 1.29 is 0 Å². The van der Waals surface area contributed by atoms with Crippen LogP contribution in [-0.2, 0) is 0 Å². The lowest BCUT2D eigenvalue weighted by molar-refractivity contribution is 0.187. The van der Waals surface area contributed by atoms with E-state index in [1.54, 1.807) is 0 Å². The van der Waals surface area contributed by atoms with Gasteiger partial charge in [0.1, 0.15) is 0 Å². The van der Waals surface area contributed by atoms with Gasteiger partial charge in [-0.15, -0.1) is 0 Å². The Morgan fingerprint density at radius 1 is 0.944 bits per heavy atom. The number of rotatable bonds is 2. The van der Waals surface area contributed by atoms with Gasteiger partial charge in [0.2, 0.25) is 0 Å². The zero-order valence-electron chi connectivity index (χ0n) is 11.0. The van der Waals surface area contributed by atoms with Gasteiger partial charge in [0.15, 0.2) is 0 Å². The Kier molecular flexibility index (Phi) is 3.41. The van der Waals surface area contributed by atoms with Crippen LogP contribution in [0.2, 0.25) is 0 Å². The monoisotopic (exact) mass is 245 g/mol. The molecule has 0 amide bonds. The van der Waals surface area contributed by atoms with Gasteiger partial charge in [-0.25, -0.2) is 0 Å². The molecule has 0 spiro atoms. The van der Waals surface area contributed by atoms with Crippen molar-refractivity contribution in [3.05, 3.63) is 24.3 Å². The van der Waals surface area contributed by atoms with Crippen molar-refractivity contribution in [2.45, 2.75) is 31.7 Å². The molecule has 1 aliphatic heterocycles. The summed E-state index contributed by atoms with van der Waals surface area (Å²) < 4.78 is 0. The van der Waals surface area contributed by atoms with E-state index in [-0.39, 0.29) is 0 Å². The number of benzene rings is 1. The van der Waals surface area contributed by atoms with Crippen LogP contribution in [0.25, 0.3) is 0 Å². The van der Waals surface area contributed by atoms with E-state index in [0.717, 1.165) is 24.8 Å². The maximum Gasteiger partial charge on any atom is 0.0600 e. The number of nitrogen functional groups attached to an aromatic ring is 1. The van der Waals surface area contributed by atoms with E-state index in [9.17, 15) is 0 Å². The van der Waals surface area contributed by atoms with Gasteiger partial charge in [-0.05, 0) is 25.0 Å². The Morgan fingerprint density at radius 2 is 1.61 bits per heavy atom. The molecule has 2 aliphatic rings. The quantitative estimate of drug-likeness (QED) is 0.812. The van der Waals surface area contributed by atoms with Gasteiger partial charge in [-0.2, -0.15) is 0 Å². The minimum Gasteiger partial charge on any atom is -0.397 e. The van der Waals surface area contributed by atoms with E-state index in [4.69, 9.17) is 5.73 Å². The molecule has 3 rings (SSSR count). The maximum absolute atomic E-state index is 6.05. The third kappa shape index (κ3) is 2.32. The van der Waals surface area contributed by atoms with E-state index in [1.165, 1.54) is 44.5 Å². The number of piperazine rings is 1. The van der Waals surface area contributed by atoms with Crippen molar-refractivity contribution in [1.29, 1.82) is 0 Å². The fraction of sp³-hybridized carbons (Fsp3) is 0.600. The summed E-state index contributed by atoms with van der Waals surface area (Å²) in [5.74, 6) is 0. The summed E-state index contributed by atoms with van der Waals surface area (Å²) in [6.07, 6.45) is 5.67. The summed E-state index contributed by atoms with van der Waals surface area (Å²) >= 11 is 0. The van der Waals surface area contributed by atoms with Crippen molar-refractivity contribution in [3.63, 3.8) is 0 Å². The Hall–Kier alpha value is -1.22. The SMILES string of the molecule is Nc1ccccc1N1CCN(C2CCCC2)CC1. The molecule has 98 valence electrons. The minimum atomic E-state index is 0.861. The van der Waals surface area contributed by atoms with Crippen LogP contribution in [0.1, 0.15) is 25.7 Å². The Bertz CT molecular complexity index is 390. The van der Waals surface area contributed by atoms with Crippen LogP contribution in [-0.4, -0.2) is 37.1 Å². The van der Waals surface area contributed by atoms with E-state index < -0.39 is 0 Å². The van der Waals surface area contributed by atoms with Crippen molar-refractivity contribution in [2.75, 3.05) is 36.8 Å². The smallest absolute Gasteiger partial charge is 0.0600 e. The number of hydrogen-bond donors (Lipinski definition) is 1. The topological polar surface area (TPSA) is 32.5 Å². The lowest BCUT2D eigenvalue weighted by Gasteiger charge is -2.39.